The van der Waals surface area contributed by atoms with E-state index in [1.54, 1.807) is 44.2 Å². The number of carbonyl (C=O) groups is 3. The number of amides is 1. The van der Waals surface area contributed by atoms with Crippen molar-refractivity contribution in [1.82, 2.24) is 5.32 Å². The number of ether oxygens (including phenoxy) is 1. The van der Waals surface area contributed by atoms with Crippen molar-refractivity contribution in [2.45, 2.75) is 25.9 Å². The van der Waals surface area contributed by atoms with Crippen LogP contribution in [0.1, 0.15) is 24.2 Å². The summed E-state index contributed by atoms with van der Waals surface area (Å²) in [4.78, 5) is 36.3. The van der Waals surface area contributed by atoms with Gasteiger partial charge in [-0.05, 0) is 5.92 Å². The molecule has 6 heteroatoms. The van der Waals surface area contributed by atoms with Gasteiger partial charge in [-0.25, -0.2) is 0 Å². The number of primary amides is 1. The van der Waals surface area contributed by atoms with Gasteiger partial charge in [-0.15, -0.1) is 0 Å². The van der Waals surface area contributed by atoms with Gasteiger partial charge in [0.1, 0.15) is 12.6 Å². The predicted octanol–water partition coefficient (Wildman–Crippen LogP) is 0.553. The highest BCUT2D eigenvalue weighted by molar-refractivity contribution is 6.14. The van der Waals surface area contributed by atoms with Gasteiger partial charge < -0.3 is 10.5 Å². The van der Waals surface area contributed by atoms with E-state index in [0.29, 0.717) is 5.56 Å². The highest BCUT2D eigenvalue weighted by Crippen LogP contribution is 2.09. The zero-order valence-corrected chi connectivity index (χ0v) is 13.0. The number of hydrogen-bond donors (Lipinski definition) is 2. The molecule has 1 aromatic carbocycles. The number of benzene rings is 1. The smallest absolute Gasteiger partial charge is 0.234 e. The minimum Gasteiger partial charge on any atom is -0.377 e. The minimum atomic E-state index is -1.16. The molecular weight excluding hydrogens is 284 g/mol. The number of methoxy groups -OCH3 is 1. The monoisotopic (exact) mass is 306 g/mol. The second kappa shape index (κ2) is 8.41. The van der Waals surface area contributed by atoms with Crippen molar-refractivity contribution in [2.75, 3.05) is 13.7 Å². The quantitative estimate of drug-likeness (QED) is 0.513. The van der Waals surface area contributed by atoms with E-state index >= 15 is 0 Å². The molecule has 0 heterocycles. The molecule has 6 nitrogen and oxygen atoms in total. The van der Waals surface area contributed by atoms with Crippen LogP contribution < -0.4 is 11.1 Å². The Morgan fingerprint density at radius 3 is 2.23 bits per heavy atom. The Morgan fingerprint density at radius 2 is 1.77 bits per heavy atom. The molecule has 22 heavy (non-hydrogen) atoms. The molecule has 0 saturated heterocycles. The Labute approximate surface area is 130 Å². The summed E-state index contributed by atoms with van der Waals surface area (Å²) >= 11 is 0. The topological polar surface area (TPSA) is 98.5 Å². The Bertz CT molecular complexity index is 528. The van der Waals surface area contributed by atoms with Crippen LogP contribution in [-0.2, 0) is 14.3 Å². The van der Waals surface area contributed by atoms with Crippen LogP contribution in [0.5, 0.6) is 0 Å². The van der Waals surface area contributed by atoms with Gasteiger partial charge in [0.15, 0.2) is 11.6 Å². The summed E-state index contributed by atoms with van der Waals surface area (Å²) in [6.07, 6.45) is 0. The molecule has 0 unspecified atom stereocenters. The Morgan fingerprint density at radius 1 is 1.18 bits per heavy atom. The summed E-state index contributed by atoms with van der Waals surface area (Å²) in [7, 11) is 1.37. The average molecular weight is 306 g/mol. The number of rotatable bonds is 9. The van der Waals surface area contributed by atoms with Gasteiger partial charge in [0.05, 0.1) is 6.04 Å². The molecule has 0 fully saturated rings. The van der Waals surface area contributed by atoms with Gasteiger partial charge in [0.2, 0.25) is 5.91 Å². The van der Waals surface area contributed by atoms with Crippen molar-refractivity contribution in [3.05, 3.63) is 35.9 Å². The highest BCUT2D eigenvalue weighted by atomic mass is 16.5. The van der Waals surface area contributed by atoms with Crippen molar-refractivity contribution in [3.8, 4) is 0 Å². The van der Waals surface area contributed by atoms with E-state index in [9.17, 15) is 14.4 Å². The van der Waals surface area contributed by atoms with Crippen molar-refractivity contribution in [1.29, 1.82) is 0 Å². The van der Waals surface area contributed by atoms with E-state index in [1.807, 2.05) is 0 Å². The molecule has 3 N–H and O–H groups in total. The molecule has 0 aromatic heterocycles. The molecule has 0 saturated carbocycles. The van der Waals surface area contributed by atoms with Crippen LogP contribution in [0.25, 0.3) is 0 Å². The first-order valence-corrected chi connectivity index (χ1v) is 7.04. The molecule has 1 aromatic rings. The summed E-state index contributed by atoms with van der Waals surface area (Å²) < 4.78 is 4.82. The van der Waals surface area contributed by atoms with Gasteiger partial charge in [-0.1, -0.05) is 44.2 Å². The average Bonchev–Trinajstić information content (AvgIpc) is 2.47. The van der Waals surface area contributed by atoms with E-state index in [4.69, 9.17) is 10.5 Å². The molecule has 0 spiro atoms. The predicted molar refractivity (Wildman–Crippen MR) is 82.4 cm³/mol. The van der Waals surface area contributed by atoms with Gasteiger partial charge >= 0.3 is 0 Å². The third kappa shape index (κ3) is 4.75. The lowest BCUT2D eigenvalue weighted by Gasteiger charge is -2.24. The first kappa shape index (κ1) is 18.0. The third-order valence-electron chi connectivity index (χ3n) is 3.25. The molecule has 0 aliphatic heterocycles. The van der Waals surface area contributed by atoms with Crippen LogP contribution >= 0.6 is 0 Å². The third-order valence-corrected chi connectivity index (χ3v) is 3.25. The molecule has 120 valence electrons. The number of nitrogens with two attached hydrogens (primary N) is 1. The zero-order valence-electron chi connectivity index (χ0n) is 13.0. The van der Waals surface area contributed by atoms with Crippen LogP contribution in [-0.4, -0.2) is 43.3 Å². The summed E-state index contributed by atoms with van der Waals surface area (Å²) in [5.41, 5.74) is 5.73. The van der Waals surface area contributed by atoms with Crippen LogP contribution in [0.2, 0.25) is 0 Å². The normalized spacial score (nSPS) is 13.6. The molecule has 0 aliphatic carbocycles. The fourth-order valence-electron chi connectivity index (χ4n) is 2.09. The lowest BCUT2D eigenvalue weighted by atomic mass is 9.96. The van der Waals surface area contributed by atoms with Crippen molar-refractivity contribution in [3.63, 3.8) is 0 Å². The van der Waals surface area contributed by atoms with Crippen molar-refractivity contribution < 1.29 is 19.1 Å². The molecule has 1 amide bonds. The summed E-state index contributed by atoms with van der Waals surface area (Å²) in [5, 5.41) is 2.78. The Kier molecular flexibility index (Phi) is 6.88. The van der Waals surface area contributed by atoms with E-state index in [2.05, 4.69) is 5.32 Å². The SMILES string of the molecule is COCC(=O)[C@H](N[C@@H](C(N)=O)C(C)C)C(=O)c1ccccc1. The number of hydrogen-bond acceptors (Lipinski definition) is 5. The molecule has 2 atom stereocenters. The molecular formula is C16H22N2O4. The van der Waals surface area contributed by atoms with Crippen molar-refractivity contribution >= 4 is 17.5 Å². The maximum Gasteiger partial charge on any atom is 0.234 e. The van der Waals surface area contributed by atoms with Gasteiger partial charge in [0, 0.05) is 12.7 Å². The number of nitrogens with one attached hydrogen (secondary N) is 1. The molecule has 0 aliphatic rings. The number of carbonyl (C=O) groups excluding carboxylic acids is 3. The first-order valence-electron chi connectivity index (χ1n) is 7.04. The van der Waals surface area contributed by atoms with Crippen LogP contribution in [0.4, 0.5) is 0 Å². The van der Waals surface area contributed by atoms with Gasteiger partial charge in [-0.3, -0.25) is 19.7 Å². The van der Waals surface area contributed by atoms with Crippen LogP contribution in [0.3, 0.4) is 0 Å². The molecule has 1 rings (SSSR count). The first-order chi connectivity index (χ1) is 10.4. The van der Waals surface area contributed by atoms with E-state index in [-0.39, 0.29) is 12.5 Å². The second-order valence-electron chi connectivity index (χ2n) is 5.35. The Hall–Kier alpha value is -2.05. The van der Waals surface area contributed by atoms with Gasteiger partial charge in [0.25, 0.3) is 0 Å². The lowest BCUT2D eigenvalue weighted by Crippen LogP contribution is -2.55. The van der Waals surface area contributed by atoms with Crippen LogP contribution in [0, 0.1) is 5.92 Å². The van der Waals surface area contributed by atoms with Gasteiger partial charge in [-0.2, -0.15) is 0 Å². The summed E-state index contributed by atoms with van der Waals surface area (Å²) in [6.45, 7) is 3.35. The van der Waals surface area contributed by atoms with Crippen LogP contribution in [0.15, 0.2) is 30.3 Å². The van der Waals surface area contributed by atoms with Crippen molar-refractivity contribution in [2.24, 2.45) is 11.7 Å². The maximum absolute atomic E-state index is 12.6. The van der Waals surface area contributed by atoms with E-state index in [0.717, 1.165) is 0 Å². The molecule has 0 radical (unpaired) electrons. The maximum atomic E-state index is 12.6. The molecule has 0 bridgehead atoms. The lowest BCUT2D eigenvalue weighted by molar-refractivity contribution is -0.125. The zero-order chi connectivity index (χ0) is 16.7. The summed E-state index contributed by atoms with van der Waals surface area (Å²) in [5.74, 6) is -1.61. The second-order valence-corrected chi connectivity index (χ2v) is 5.35. The summed E-state index contributed by atoms with van der Waals surface area (Å²) in [6, 6.07) is 6.48. The fourth-order valence-corrected chi connectivity index (χ4v) is 2.09. The largest absolute Gasteiger partial charge is 0.377 e. The number of Topliss-reactive ketones (excluding diaryl/α,β-unsaturated/α-hetero) is 2. The highest BCUT2D eigenvalue weighted by Gasteiger charge is 2.32. The van der Waals surface area contributed by atoms with E-state index < -0.39 is 29.6 Å². The number of ketones is 2. The van der Waals surface area contributed by atoms with E-state index in [1.165, 1.54) is 7.11 Å². The standard InChI is InChI=1S/C16H22N2O4/c1-10(2)13(16(17)21)18-14(12(19)9-22-3)15(20)11-7-5-4-6-8-11/h4-8,10,13-14,18H,9H2,1-3H3,(H2,17,21)/t13-,14+/m1/s1. The fraction of sp³-hybridized carbons (Fsp3) is 0.438. The minimum absolute atomic E-state index is 0.154. The Balaban J connectivity index is 3.05.